The van der Waals surface area contributed by atoms with Crippen molar-refractivity contribution in [2.24, 2.45) is 0 Å². The van der Waals surface area contributed by atoms with Crippen molar-refractivity contribution in [1.82, 2.24) is 10.6 Å². The van der Waals surface area contributed by atoms with Crippen LogP contribution >= 0.6 is 0 Å². The molecular formula is C20H26N2O4. The quantitative estimate of drug-likeness (QED) is 0.711. The number of hydrogen-bond acceptors (Lipinski definition) is 4. The Morgan fingerprint density at radius 2 is 1.69 bits per heavy atom. The largest absolute Gasteiger partial charge is 0.493 e. The second kappa shape index (κ2) is 9.56. The number of carbonyl (C=O) groups is 1. The van der Waals surface area contributed by atoms with Gasteiger partial charge in [-0.2, -0.15) is 0 Å². The van der Waals surface area contributed by atoms with Gasteiger partial charge in [-0.1, -0.05) is 18.2 Å². The van der Waals surface area contributed by atoms with Gasteiger partial charge < -0.3 is 24.8 Å². The third-order valence-electron chi connectivity index (χ3n) is 3.89. The van der Waals surface area contributed by atoms with Crippen LogP contribution in [0.15, 0.2) is 36.4 Å². The van der Waals surface area contributed by atoms with Crippen molar-refractivity contribution >= 4 is 6.03 Å². The van der Waals surface area contributed by atoms with Gasteiger partial charge in [0.1, 0.15) is 12.4 Å². The molecule has 0 aliphatic heterocycles. The smallest absolute Gasteiger partial charge is 0.315 e. The minimum atomic E-state index is -0.246. The SMILES string of the molecule is COc1ccc(CNC(=O)NCCOc2cc(C)ccc2C)cc1OC. The van der Waals surface area contributed by atoms with Crippen LogP contribution in [0.2, 0.25) is 0 Å². The first-order chi connectivity index (χ1) is 12.5. The number of rotatable bonds is 8. The van der Waals surface area contributed by atoms with Crippen molar-refractivity contribution in [3.63, 3.8) is 0 Å². The lowest BCUT2D eigenvalue weighted by atomic mass is 10.1. The number of hydrogen-bond donors (Lipinski definition) is 2. The molecule has 2 rings (SSSR count). The van der Waals surface area contributed by atoms with Crippen LogP contribution in [-0.2, 0) is 6.54 Å². The Balaban J connectivity index is 1.73. The minimum Gasteiger partial charge on any atom is -0.493 e. The molecule has 0 heterocycles. The van der Waals surface area contributed by atoms with Crippen LogP contribution < -0.4 is 24.8 Å². The summed E-state index contributed by atoms with van der Waals surface area (Å²) in [5.41, 5.74) is 3.14. The van der Waals surface area contributed by atoms with Crippen LogP contribution in [0.25, 0.3) is 0 Å². The minimum absolute atomic E-state index is 0.246. The van der Waals surface area contributed by atoms with Crippen molar-refractivity contribution < 1.29 is 19.0 Å². The molecule has 6 heteroatoms. The Hall–Kier alpha value is -2.89. The Morgan fingerprint density at radius 1 is 0.923 bits per heavy atom. The van der Waals surface area contributed by atoms with Crippen molar-refractivity contribution in [1.29, 1.82) is 0 Å². The Bertz CT molecular complexity index is 747. The molecule has 0 saturated heterocycles. The average Bonchev–Trinajstić information content (AvgIpc) is 2.65. The molecule has 2 amide bonds. The maximum atomic E-state index is 11.9. The number of carbonyl (C=O) groups excluding carboxylic acids is 1. The molecule has 140 valence electrons. The fourth-order valence-electron chi connectivity index (χ4n) is 2.42. The normalized spacial score (nSPS) is 10.2. The standard InChI is InChI=1S/C20H26N2O4/c1-14-5-6-15(2)18(11-14)26-10-9-21-20(23)22-13-16-7-8-17(24-3)19(12-16)25-4/h5-8,11-12H,9-10,13H2,1-4H3,(H2,21,22,23). The van der Waals surface area contributed by atoms with Crippen molar-refractivity contribution in [3.05, 3.63) is 53.1 Å². The number of urea groups is 1. The average molecular weight is 358 g/mol. The third-order valence-corrected chi connectivity index (χ3v) is 3.89. The molecule has 0 fully saturated rings. The highest BCUT2D eigenvalue weighted by atomic mass is 16.5. The van der Waals surface area contributed by atoms with Gasteiger partial charge in [-0.25, -0.2) is 4.79 Å². The van der Waals surface area contributed by atoms with E-state index >= 15 is 0 Å². The van der Waals surface area contributed by atoms with Gasteiger partial charge in [-0.15, -0.1) is 0 Å². The Morgan fingerprint density at radius 3 is 2.42 bits per heavy atom. The lowest BCUT2D eigenvalue weighted by Crippen LogP contribution is -2.37. The number of methoxy groups -OCH3 is 2. The summed E-state index contributed by atoms with van der Waals surface area (Å²) in [4.78, 5) is 11.9. The first kappa shape index (κ1) is 19.4. The van der Waals surface area contributed by atoms with Gasteiger partial charge in [0.25, 0.3) is 0 Å². The second-order valence-electron chi connectivity index (χ2n) is 5.92. The summed E-state index contributed by atoms with van der Waals surface area (Å²) in [7, 11) is 3.17. The molecule has 26 heavy (non-hydrogen) atoms. The predicted molar refractivity (Wildman–Crippen MR) is 101 cm³/mol. The van der Waals surface area contributed by atoms with Gasteiger partial charge >= 0.3 is 6.03 Å². The van der Waals surface area contributed by atoms with Crippen LogP contribution in [0.4, 0.5) is 4.79 Å². The highest BCUT2D eigenvalue weighted by molar-refractivity contribution is 5.73. The molecule has 2 aromatic rings. The first-order valence-corrected chi connectivity index (χ1v) is 8.46. The van der Waals surface area contributed by atoms with Gasteiger partial charge in [-0.05, 0) is 48.7 Å². The summed E-state index contributed by atoms with van der Waals surface area (Å²) in [6.45, 7) is 5.24. The number of benzene rings is 2. The fourth-order valence-corrected chi connectivity index (χ4v) is 2.42. The van der Waals surface area contributed by atoms with E-state index in [1.807, 2.05) is 50.2 Å². The third kappa shape index (κ3) is 5.58. The van der Waals surface area contributed by atoms with E-state index in [-0.39, 0.29) is 6.03 Å². The topological polar surface area (TPSA) is 68.8 Å². The van der Waals surface area contributed by atoms with E-state index in [9.17, 15) is 4.79 Å². The van der Waals surface area contributed by atoms with E-state index in [0.29, 0.717) is 31.2 Å². The maximum absolute atomic E-state index is 11.9. The maximum Gasteiger partial charge on any atom is 0.315 e. The number of nitrogens with one attached hydrogen (secondary N) is 2. The summed E-state index contributed by atoms with van der Waals surface area (Å²) >= 11 is 0. The molecule has 6 nitrogen and oxygen atoms in total. The van der Waals surface area contributed by atoms with E-state index in [1.165, 1.54) is 0 Å². The van der Waals surface area contributed by atoms with Gasteiger partial charge in [-0.3, -0.25) is 0 Å². The summed E-state index contributed by atoms with van der Waals surface area (Å²) in [5, 5.41) is 5.58. The molecule has 0 bridgehead atoms. The Labute approximate surface area is 154 Å². The number of aryl methyl sites for hydroxylation is 2. The summed E-state index contributed by atoms with van der Waals surface area (Å²) in [5.74, 6) is 2.14. The lowest BCUT2D eigenvalue weighted by molar-refractivity contribution is 0.236. The zero-order chi connectivity index (χ0) is 18.9. The molecule has 2 N–H and O–H groups in total. The summed E-state index contributed by atoms with van der Waals surface area (Å²) in [6, 6.07) is 11.3. The van der Waals surface area contributed by atoms with Crippen molar-refractivity contribution in [2.45, 2.75) is 20.4 Å². The van der Waals surface area contributed by atoms with Crippen LogP contribution in [-0.4, -0.2) is 33.4 Å². The van der Waals surface area contributed by atoms with E-state index in [4.69, 9.17) is 14.2 Å². The number of amides is 2. The highest BCUT2D eigenvalue weighted by Crippen LogP contribution is 2.27. The molecule has 0 aliphatic rings. The lowest BCUT2D eigenvalue weighted by Gasteiger charge is -2.12. The molecule has 0 atom stereocenters. The molecule has 0 radical (unpaired) electrons. The monoisotopic (exact) mass is 358 g/mol. The number of ether oxygens (including phenoxy) is 3. The highest BCUT2D eigenvalue weighted by Gasteiger charge is 2.06. The van der Waals surface area contributed by atoms with Gasteiger partial charge in [0.05, 0.1) is 20.8 Å². The second-order valence-corrected chi connectivity index (χ2v) is 5.92. The van der Waals surface area contributed by atoms with Crippen LogP contribution in [0.1, 0.15) is 16.7 Å². The fraction of sp³-hybridized carbons (Fsp3) is 0.350. The van der Waals surface area contributed by atoms with Crippen LogP contribution in [0.5, 0.6) is 17.2 Å². The summed E-state index contributed by atoms with van der Waals surface area (Å²) in [6.07, 6.45) is 0. The zero-order valence-corrected chi connectivity index (χ0v) is 15.7. The van der Waals surface area contributed by atoms with Gasteiger partial charge in [0, 0.05) is 6.54 Å². The van der Waals surface area contributed by atoms with Gasteiger partial charge in [0.15, 0.2) is 11.5 Å². The Kier molecular flexibility index (Phi) is 7.14. The zero-order valence-electron chi connectivity index (χ0n) is 15.7. The van der Waals surface area contributed by atoms with Crippen molar-refractivity contribution in [3.8, 4) is 17.2 Å². The molecule has 0 saturated carbocycles. The molecule has 2 aromatic carbocycles. The van der Waals surface area contributed by atoms with E-state index < -0.39 is 0 Å². The first-order valence-electron chi connectivity index (χ1n) is 8.46. The molecule has 0 aromatic heterocycles. The molecular weight excluding hydrogens is 332 g/mol. The van der Waals surface area contributed by atoms with Crippen LogP contribution in [0.3, 0.4) is 0 Å². The van der Waals surface area contributed by atoms with E-state index in [2.05, 4.69) is 10.6 Å². The van der Waals surface area contributed by atoms with E-state index in [1.54, 1.807) is 14.2 Å². The van der Waals surface area contributed by atoms with Crippen LogP contribution in [0, 0.1) is 13.8 Å². The van der Waals surface area contributed by atoms with E-state index in [0.717, 1.165) is 22.4 Å². The summed E-state index contributed by atoms with van der Waals surface area (Å²) < 4.78 is 16.2. The molecule has 0 aliphatic carbocycles. The van der Waals surface area contributed by atoms with Crippen molar-refractivity contribution in [2.75, 3.05) is 27.4 Å². The van der Waals surface area contributed by atoms with Gasteiger partial charge in [0.2, 0.25) is 0 Å². The molecule has 0 unspecified atom stereocenters. The molecule has 0 spiro atoms. The predicted octanol–water partition coefficient (Wildman–Crippen LogP) is 3.20.